The second-order valence-electron chi connectivity index (χ2n) is 5.16. The van der Waals surface area contributed by atoms with Crippen LogP contribution in [0.15, 0.2) is 18.2 Å². The monoisotopic (exact) mass is 251 g/mol. The molecule has 1 fully saturated rings. The summed E-state index contributed by atoms with van der Waals surface area (Å²) in [6.45, 7) is 5.06. The molecule has 0 saturated carbocycles. The highest BCUT2D eigenvalue weighted by Gasteiger charge is 2.25. The number of benzene rings is 1. The van der Waals surface area contributed by atoms with Crippen molar-refractivity contribution in [2.75, 3.05) is 11.4 Å². The van der Waals surface area contributed by atoms with Gasteiger partial charge in [0.25, 0.3) is 0 Å². The third kappa shape index (κ3) is 2.47. The van der Waals surface area contributed by atoms with Gasteiger partial charge in [0.1, 0.15) is 5.82 Å². The molecule has 1 aliphatic heterocycles. The molecule has 0 radical (unpaired) electrons. The lowest BCUT2D eigenvalue weighted by molar-refractivity contribution is 0.0696. The number of rotatable bonds is 2. The van der Waals surface area contributed by atoms with Crippen molar-refractivity contribution in [3.05, 3.63) is 29.6 Å². The van der Waals surface area contributed by atoms with E-state index in [-0.39, 0.29) is 5.56 Å². The van der Waals surface area contributed by atoms with E-state index in [1.807, 2.05) is 4.90 Å². The maximum atomic E-state index is 14.0. The molecule has 18 heavy (non-hydrogen) atoms. The molecular formula is C14H18FNO2. The average molecular weight is 251 g/mol. The number of hydrogen-bond donors (Lipinski definition) is 1. The Kier molecular flexibility index (Phi) is 3.55. The first-order chi connectivity index (χ1) is 8.49. The van der Waals surface area contributed by atoms with E-state index in [9.17, 15) is 9.18 Å². The fraction of sp³-hybridized carbons (Fsp3) is 0.500. The van der Waals surface area contributed by atoms with E-state index in [2.05, 4.69) is 13.8 Å². The SMILES string of the molecule is CC1CCC(C)N(c2ccc(C(=O)O)cc2F)C1. The lowest BCUT2D eigenvalue weighted by Gasteiger charge is -2.38. The predicted molar refractivity (Wildman–Crippen MR) is 68.6 cm³/mol. The van der Waals surface area contributed by atoms with E-state index in [0.717, 1.165) is 25.5 Å². The Labute approximate surface area is 106 Å². The zero-order valence-corrected chi connectivity index (χ0v) is 10.7. The zero-order chi connectivity index (χ0) is 13.3. The standard InChI is InChI=1S/C14H18FNO2/c1-9-3-4-10(2)16(8-9)13-6-5-11(14(17)18)7-12(13)15/h5-7,9-10H,3-4,8H2,1-2H3,(H,17,18). The molecule has 2 atom stereocenters. The molecule has 1 aliphatic rings. The van der Waals surface area contributed by atoms with Crippen LogP contribution in [-0.2, 0) is 0 Å². The Morgan fingerprint density at radius 2 is 2.11 bits per heavy atom. The topological polar surface area (TPSA) is 40.5 Å². The quantitative estimate of drug-likeness (QED) is 0.877. The van der Waals surface area contributed by atoms with Crippen LogP contribution < -0.4 is 4.90 Å². The first-order valence-corrected chi connectivity index (χ1v) is 6.28. The highest BCUT2D eigenvalue weighted by molar-refractivity contribution is 5.88. The molecule has 0 amide bonds. The van der Waals surface area contributed by atoms with Gasteiger partial charge in [0.2, 0.25) is 0 Å². The van der Waals surface area contributed by atoms with E-state index in [1.165, 1.54) is 6.07 Å². The number of carboxylic acid groups (broad SMARTS) is 1. The number of nitrogens with zero attached hydrogens (tertiary/aromatic N) is 1. The minimum absolute atomic E-state index is 0.00559. The highest BCUT2D eigenvalue weighted by Crippen LogP contribution is 2.29. The van der Waals surface area contributed by atoms with Crippen molar-refractivity contribution < 1.29 is 14.3 Å². The van der Waals surface area contributed by atoms with Crippen LogP contribution in [0.4, 0.5) is 10.1 Å². The van der Waals surface area contributed by atoms with Crippen molar-refractivity contribution in [1.29, 1.82) is 0 Å². The summed E-state index contributed by atoms with van der Waals surface area (Å²) in [5.41, 5.74) is 0.507. The van der Waals surface area contributed by atoms with Gasteiger partial charge in [-0.05, 0) is 43.9 Å². The Balaban J connectivity index is 2.30. The summed E-state index contributed by atoms with van der Waals surface area (Å²) in [4.78, 5) is 12.8. The summed E-state index contributed by atoms with van der Waals surface area (Å²) in [5.74, 6) is -1.00. The van der Waals surface area contributed by atoms with Crippen LogP contribution in [0.3, 0.4) is 0 Å². The molecule has 98 valence electrons. The number of piperidine rings is 1. The van der Waals surface area contributed by atoms with Crippen molar-refractivity contribution in [2.24, 2.45) is 5.92 Å². The molecule has 1 aromatic rings. The molecule has 0 aliphatic carbocycles. The number of aromatic carboxylic acids is 1. The molecule has 0 bridgehead atoms. The number of carbonyl (C=O) groups is 1. The minimum Gasteiger partial charge on any atom is -0.478 e. The molecule has 2 unspecified atom stereocenters. The second-order valence-corrected chi connectivity index (χ2v) is 5.16. The summed E-state index contributed by atoms with van der Waals surface area (Å²) in [6.07, 6.45) is 2.20. The Morgan fingerprint density at radius 3 is 2.72 bits per heavy atom. The van der Waals surface area contributed by atoms with Crippen LogP contribution in [0.1, 0.15) is 37.0 Å². The van der Waals surface area contributed by atoms with Gasteiger partial charge in [0, 0.05) is 12.6 Å². The summed E-state index contributed by atoms with van der Waals surface area (Å²) in [7, 11) is 0. The summed E-state index contributed by atoms with van der Waals surface area (Å²) in [6, 6.07) is 4.44. The fourth-order valence-corrected chi connectivity index (χ4v) is 2.50. The summed E-state index contributed by atoms with van der Waals surface area (Å²) >= 11 is 0. The van der Waals surface area contributed by atoms with Crippen LogP contribution in [-0.4, -0.2) is 23.7 Å². The van der Waals surface area contributed by atoms with Crippen molar-refractivity contribution in [2.45, 2.75) is 32.7 Å². The third-order valence-electron chi connectivity index (χ3n) is 3.62. The van der Waals surface area contributed by atoms with Crippen LogP contribution in [0.5, 0.6) is 0 Å². The van der Waals surface area contributed by atoms with Gasteiger partial charge in [0.05, 0.1) is 11.3 Å². The highest BCUT2D eigenvalue weighted by atomic mass is 19.1. The second kappa shape index (κ2) is 4.96. The Bertz CT molecular complexity index is 461. The molecule has 1 N–H and O–H groups in total. The van der Waals surface area contributed by atoms with Crippen molar-refractivity contribution >= 4 is 11.7 Å². The predicted octanol–water partition coefficient (Wildman–Crippen LogP) is 3.15. The largest absolute Gasteiger partial charge is 0.478 e. The van der Waals surface area contributed by atoms with Crippen molar-refractivity contribution in [3.63, 3.8) is 0 Å². The maximum absolute atomic E-state index is 14.0. The van der Waals surface area contributed by atoms with Crippen LogP contribution in [0.2, 0.25) is 0 Å². The Hall–Kier alpha value is -1.58. The van der Waals surface area contributed by atoms with E-state index >= 15 is 0 Å². The van der Waals surface area contributed by atoms with Gasteiger partial charge in [-0.2, -0.15) is 0 Å². The third-order valence-corrected chi connectivity index (χ3v) is 3.62. The van der Waals surface area contributed by atoms with E-state index in [4.69, 9.17) is 5.11 Å². The van der Waals surface area contributed by atoms with Gasteiger partial charge in [-0.3, -0.25) is 0 Å². The van der Waals surface area contributed by atoms with Gasteiger partial charge in [-0.15, -0.1) is 0 Å². The molecule has 2 rings (SSSR count). The molecule has 1 saturated heterocycles. The number of halogens is 1. The van der Waals surface area contributed by atoms with Gasteiger partial charge < -0.3 is 10.0 Å². The number of anilines is 1. The number of hydrogen-bond acceptors (Lipinski definition) is 2. The molecule has 1 aromatic carbocycles. The average Bonchev–Trinajstić information content (AvgIpc) is 2.32. The van der Waals surface area contributed by atoms with E-state index < -0.39 is 11.8 Å². The number of carboxylic acids is 1. The van der Waals surface area contributed by atoms with Crippen LogP contribution >= 0.6 is 0 Å². The van der Waals surface area contributed by atoms with Gasteiger partial charge >= 0.3 is 5.97 Å². The van der Waals surface area contributed by atoms with Gasteiger partial charge in [-0.25, -0.2) is 9.18 Å². The molecule has 3 nitrogen and oxygen atoms in total. The molecule has 0 spiro atoms. The van der Waals surface area contributed by atoms with Crippen LogP contribution in [0, 0.1) is 11.7 Å². The van der Waals surface area contributed by atoms with Crippen molar-refractivity contribution in [1.82, 2.24) is 0 Å². The first kappa shape index (κ1) is 12.9. The lowest BCUT2D eigenvalue weighted by atomic mass is 9.94. The minimum atomic E-state index is -1.10. The summed E-state index contributed by atoms with van der Waals surface area (Å²) in [5, 5.41) is 8.82. The maximum Gasteiger partial charge on any atom is 0.335 e. The fourth-order valence-electron chi connectivity index (χ4n) is 2.50. The van der Waals surface area contributed by atoms with Crippen LogP contribution in [0.25, 0.3) is 0 Å². The normalized spacial score (nSPS) is 24.1. The van der Waals surface area contributed by atoms with Crippen molar-refractivity contribution in [3.8, 4) is 0 Å². The Morgan fingerprint density at radius 1 is 1.39 bits per heavy atom. The molecular weight excluding hydrogens is 233 g/mol. The molecule has 0 aromatic heterocycles. The zero-order valence-electron chi connectivity index (χ0n) is 10.7. The van der Waals surface area contributed by atoms with E-state index in [1.54, 1.807) is 6.07 Å². The smallest absolute Gasteiger partial charge is 0.335 e. The molecule has 1 heterocycles. The summed E-state index contributed by atoms with van der Waals surface area (Å²) < 4.78 is 14.0. The van der Waals surface area contributed by atoms with Gasteiger partial charge in [-0.1, -0.05) is 6.92 Å². The van der Waals surface area contributed by atoms with E-state index in [0.29, 0.717) is 17.6 Å². The van der Waals surface area contributed by atoms with Gasteiger partial charge in [0.15, 0.2) is 0 Å². The first-order valence-electron chi connectivity index (χ1n) is 6.28. The molecule has 4 heteroatoms. The lowest BCUT2D eigenvalue weighted by Crippen LogP contribution is -2.41.